The molecule has 1 aliphatic rings. The minimum absolute atomic E-state index is 0.377. The summed E-state index contributed by atoms with van der Waals surface area (Å²) in [6, 6.07) is 10.4. The third-order valence-corrected chi connectivity index (χ3v) is 4.70. The molecule has 2 aromatic rings. The van der Waals surface area contributed by atoms with Crippen molar-refractivity contribution >= 4 is 10.9 Å². The monoisotopic (exact) mass is 271 g/mol. The number of aromatic nitrogens is 1. The number of nitrogens with one attached hydrogen (secondary N) is 1. The van der Waals surface area contributed by atoms with Crippen LogP contribution in [0.15, 0.2) is 30.3 Å². The first kappa shape index (κ1) is 13.5. The van der Waals surface area contributed by atoms with Crippen LogP contribution in [0.1, 0.15) is 46.5 Å². The van der Waals surface area contributed by atoms with Crippen molar-refractivity contribution in [3.63, 3.8) is 0 Å². The minimum atomic E-state index is 0.377. The lowest BCUT2D eigenvalue weighted by molar-refractivity contribution is 0.0857. The molecule has 1 aromatic heterocycles. The third-order valence-electron chi connectivity index (χ3n) is 4.70. The summed E-state index contributed by atoms with van der Waals surface area (Å²) in [6.07, 6.45) is 5.30. The van der Waals surface area contributed by atoms with Crippen molar-refractivity contribution in [1.29, 1.82) is 0 Å². The molecule has 1 heterocycles. The molecule has 108 valence electrons. The van der Waals surface area contributed by atoms with Crippen LogP contribution < -0.4 is 4.74 Å². The number of hydrogen-bond acceptors (Lipinski definition) is 1. The summed E-state index contributed by atoms with van der Waals surface area (Å²) in [5.74, 6) is 1.76. The van der Waals surface area contributed by atoms with Crippen molar-refractivity contribution in [2.24, 2.45) is 11.3 Å². The van der Waals surface area contributed by atoms with E-state index in [1.807, 2.05) is 0 Å². The van der Waals surface area contributed by atoms with Crippen molar-refractivity contribution < 1.29 is 4.74 Å². The van der Waals surface area contributed by atoms with Crippen LogP contribution in [0.3, 0.4) is 0 Å². The quantitative estimate of drug-likeness (QED) is 0.802. The van der Waals surface area contributed by atoms with E-state index in [4.69, 9.17) is 4.74 Å². The maximum Gasteiger partial charge on any atom is 0.192 e. The van der Waals surface area contributed by atoms with Crippen molar-refractivity contribution in [3.05, 3.63) is 30.3 Å². The molecule has 1 fully saturated rings. The van der Waals surface area contributed by atoms with Crippen molar-refractivity contribution in [1.82, 2.24) is 4.98 Å². The molecule has 2 nitrogen and oxygen atoms in total. The molecule has 0 unspecified atom stereocenters. The zero-order valence-electron chi connectivity index (χ0n) is 12.8. The van der Waals surface area contributed by atoms with Gasteiger partial charge >= 0.3 is 0 Å². The highest BCUT2D eigenvalue weighted by Crippen LogP contribution is 2.38. The lowest BCUT2D eigenvalue weighted by Crippen LogP contribution is -2.30. The van der Waals surface area contributed by atoms with E-state index in [-0.39, 0.29) is 0 Å². The van der Waals surface area contributed by atoms with Gasteiger partial charge in [0, 0.05) is 17.0 Å². The molecule has 0 aliphatic heterocycles. The summed E-state index contributed by atoms with van der Waals surface area (Å²) in [7, 11) is 0. The van der Waals surface area contributed by atoms with E-state index in [0.717, 1.165) is 17.3 Å². The Morgan fingerprint density at radius 3 is 2.40 bits per heavy atom. The Balaban J connectivity index is 1.62. The fraction of sp³-hybridized carbons (Fsp3) is 0.556. The normalized spacial score (nSPS) is 23.9. The number of aromatic amines is 1. The molecule has 0 atom stereocenters. The highest BCUT2D eigenvalue weighted by molar-refractivity contribution is 5.81. The van der Waals surface area contributed by atoms with Crippen molar-refractivity contribution in [2.45, 2.75) is 52.6 Å². The first-order valence-electron chi connectivity index (χ1n) is 7.77. The number of rotatable bonds is 2. The Bertz CT molecular complexity index is 537. The van der Waals surface area contributed by atoms with Gasteiger partial charge in [0.15, 0.2) is 5.88 Å². The molecule has 2 heteroatoms. The van der Waals surface area contributed by atoms with Gasteiger partial charge in [0.1, 0.15) is 6.10 Å². The number of H-pyrrole nitrogens is 1. The average molecular weight is 271 g/mol. The van der Waals surface area contributed by atoms with Crippen LogP contribution in [0.25, 0.3) is 10.9 Å². The second kappa shape index (κ2) is 5.16. The lowest BCUT2D eigenvalue weighted by atomic mass is 9.72. The van der Waals surface area contributed by atoms with E-state index in [0.29, 0.717) is 11.5 Å². The molecule has 1 aromatic carbocycles. The zero-order valence-corrected chi connectivity index (χ0v) is 12.8. The summed E-state index contributed by atoms with van der Waals surface area (Å²) in [5.41, 5.74) is 1.59. The zero-order chi connectivity index (χ0) is 14.2. The van der Waals surface area contributed by atoms with Gasteiger partial charge in [-0.05, 0) is 43.1 Å². The molecule has 1 N–H and O–H groups in total. The number of para-hydroxylation sites is 1. The summed E-state index contributed by atoms with van der Waals surface area (Å²) in [5, 5.41) is 1.23. The Morgan fingerprint density at radius 2 is 1.75 bits per heavy atom. The van der Waals surface area contributed by atoms with E-state index in [9.17, 15) is 0 Å². The van der Waals surface area contributed by atoms with E-state index in [1.54, 1.807) is 0 Å². The fourth-order valence-corrected chi connectivity index (χ4v) is 3.34. The molecule has 0 amide bonds. The van der Waals surface area contributed by atoms with Crippen LogP contribution in [0.5, 0.6) is 5.88 Å². The molecule has 20 heavy (non-hydrogen) atoms. The van der Waals surface area contributed by atoms with Crippen molar-refractivity contribution in [3.8, 4) is 5.88 Å². The van der Waals surface area contributed by atoms with E-state index in [2.05, 4.69) is 56.1 Å². The number of benzene rings is 1. The molecule has 0 saturated heterocycles. The van der Waals surface area contributed by atoms with Gasteiger partial charge in [-0.3, -0.25) is 0 Å². The van der Waals surface area contributed by atoms with Gasteiger partial charge in [-0.15, -0.1) is 0 Å². The summed E-state index contributed by atoms with van der Waals surface area (Å²) >= 11 is 0. The summed E-state index contributed by atoms with van der Waals surface area (Å²) < 4.78 is 6.15. The van der Waals surface area contributed by atoms with Gasteiger partial charge < -0.3 is 9.72 Å². The first-order chi connectivity index (χ1) is 9.52. The summed E-state index contributed by atoms with van der Waals surface area (Å²) in [6.45, 7) is 7.07. The lowest BCUT2D eigenvalue weighted by Gasteiger charge is -2.36. The topological polar surface area (TPSA) is 25.0 Å². The van der Waals surface area contributed by atoms with Gasteiger partial charge in [0.2, 0.25) is 0 Å². The second-order valence-corrected chi connectivity index (χ2v) is 7.18. The van der Waals surface area contributed by atoms with Gasteiger partial charge in [-0.2, -0.15) is 0 Å². The molecule has 0 bridgehead atoms. The first-order valence-corrected chi connectivity index (χ1v) is 7.77. The smallest absolute Gasteiger partial charge is 0.192 e. The SMILES string of the molecule is CC(C)(C)C1CCC(Oc2cc3ccccc3[nH]2)CC1. The molecular weight excluding hydrogens is 246 g/mol. The average Bonchev–Trinajstić information content (AvgIpc) is 2.80. The van der Waals surface area contributed by atoms with Crippen LogP contribution in [0, 0.1) is 11.3 Å². The highest BCUT2D eigenvalue weighted by Gasteiger charge is 2.30. The number of hydrogen-bond donors (Lipinski definition) is 1. The van der Waals surface area contributed by atoms with Crippen LogP contribution in [0.2, 0.25) is 0 Å². The number of ether oxygens (including phenoxy) is 1. The van der Waals surface area contributed by atoms with Crippen LogP contribution >= 0.6 is 0 Å². The van der Waals surface area contributed by atoms with Gasteiger partial charge in [-0.25, -0.2) is 0 Å². The Labute approximate surface area is 121 Å². The highest BCUT2D eigenvalue weighted by atomic mass is 16.5. The van der Waals surface area contributed by atoms with E-state index in [1.165, 1.54) is 31.1 Å². The third kappa shape index (κ3) is 2.84. The predicted molar refractivity (Wildman–Crippen MR) is 84.1 cm³/mol. The summed E-state index contributed by atoms with van der Waals surface area (Å²) in [4.78, 5) is 3.36. The molecule has 3 rings (SSSR count). The predicted octanol–water partition coefficient (Wildman–Crippen LogP) is 5.15. The molecule has 0 spiro atoms. The maximum absolute atomic E-state index is 6.15. The van der Waals surface area contributed by atoms with Gasteiger partial charge in [-0.1, -0.05) is 39.0 Å². The molecule has 1 aliphatic carbocycles. The van der Waals surface area contributed by atoms with E-state index < -0.39 is 0 Å². The van der Waals surface area contributed by atoms with Crippen LogP contribution in [-0.2, 0) is 0 Å². The van der Waals surface area contributed by atoms with Gasteiger partial charge in [0.05, 0.1) is 0 Å². The molecule has 1 saturated carbocycles. The Morgan fingerprint density at radius 1 is 1.05 bits per heavy atom. The Hall–Kier alpha value is -1.44. The standard InChI is InChI=1S/C18H25NO/c1-18(2,3)14-8-10-15(11-9-14)20-17-12-13-6-4-5-7-16(13)19-17/h4-7,12,14-15,19H,8-11H2,1-3H3. The minimum Gasteiger partial charge on any atom is -0.476 e. The van der Waals surface area contributed by atoms with E-state index >= 15 is 0 Å². The van der Waals surface area contributed by atoms with Crippen LogP contribution in [-0.4, -0.2) is 11.1 Å². The maximum atomic E-state index is 6.15. The molecular formula is C18H25NO. The second-order valence-electron chi connectivity index (χ2n) is 7.18. The molecule has 0 radical (unpaired) electrons. The Kier molecular flexibility index (Phi) is 3.49. The fourth-order valence-electron chi connectivity index (χ4n) is 3.34. The van der Waals surface area contributed by atoms with Crippen LogP contribution in [0.4, 0.5) is 0 Å². The van der Waals surface area contributed by atoms with Crippen molar-refractivity contribution in [2.75, 3.05) is 0 Å². The number of fused-ring (bicyclic) bond motifs is 1. The largest absolute Gasteiger partial charge is 0.476 e. The van der Waals surface area contributed by atoms with Gasteiger partial charge in [0.25, 0.3) is 0 Å².